The zero-order valence-corrected chi connectivity index (χ0v) is 14.4. The van der Waals surface area contributed by atoms with Crippen molar-refractivity contribution in [1.29, 1.82) is 0 Å². The Labute approximate surface area is 136 Å². The molecule has 0 fully saturated rings. The lowest BCUT2D eigenvalue weighted by Crippen LogP contribution is -2.21. The SMILES string of the molecule is Cc1ccccc1C(CN)C(O)c1ccc(Br)cc1Br. The number of aryl methyl sites for hydroxylation is 1. The molecule has 0 spiro atoms. The molecule has 0 heterocycles. The number of aliphatic hydroxyl groups excluding tert-OH is 1. The molecule has 2 unspecified atom stereocenters. The second-order valence-corrected chi connectivity index (χ2v) is 6.58. The fourth-order valence-corrected chi connectivity index (χ4v) is 3.67. The first-order valence-electron chi connectivity index (χ1n) is 6.43. The molecule has 0 aliphatic heterocycles. The number of aliphatic hydroxyl groups is 1. The van der Waals surface area contributed by atoms with Crippen molar-refractivity contribution in [2.45, 2.75) is 18.9 Å². The molecule has 106 valence electrons. The van der Waals surface area contributed by atoms with Gasteiger partial charge in [0.25, 0.3) is 0 Å². The molecule has 0 aliphatic carbocycles. The number of nitrogens with two attached hydrogens (primary N) is 1. The molecule has 0 saturated heterocycles. The lowest BCUT2D eigenvalue weighted by atomic mass is 9.87. The molecule has 0 aliphatic rings. The third-order valence-corrected chi connectivity index (χ3v) is 4.68. The second-order valence-electron chi connectivity index (χ2n) is 4.81. The smallest absolute Gasteiger partial charge is 0.0881 e. The highest BCUT2D eigenvalue weighted by Gasteiger charge is 2.24. The predicted octanol–water partition coefficient (Wildman–Crippen LogP) is 4.30. The van der Waals surface area contributed by atoms with Crippen LogP contribution < -0.4 is 5.73 Å². The van der Waals surface area contributed by atoms with E-state index in [0.717, 1.165) is 25.6 Å². The molecule has 3 N–H and O–H groups in total. The van der Waals surface area contributed by atoms with Crippen LogP contribution in [0.3, 0.4) is 0 Å². The van der Waals surface area contributed by atoms with Crippen LogP contribution >= 0.6 is 31.9 Å². The number of rotatable bonds is 4. The molecule has 0 bridgehead atoms. The fourth-order valence-electron chi connectivity index (χ4n) is 2.39. The summed E-state index contributed by atoms with van der Waals surface area (Å²) >= 11 is 6.93. The van der Waals surface area contributed by atoms with Gasteiger partial charge in [0.1, 0.15) is 0 Å². The summed E-state index contributed by atoms with van der Waals surface area (Å²) in [7, 11) is 0. The zero-order valence-electron chi connectivity index (χ0n) is 11.2. The summed E-state index contributed by atoms with van der Waals surface area (Å²) in [5, 5.41) is 10.7. The minimum Gasteiger partial charge on any atom is -0.388 e. The molecule has 2 aromatic rings. The van der Waals surface area contributed by atoms with E-state index >= 15 is 0 Å². The van der Waals surface area contributed by atoms with Crippen molar-refractivity contribution in [3.8, 4) is 0 Å². The van der Waals surface area contributed by atoms with Crippen LogP contribution in [-0.2, 0) is 0 Å². The van der Waals surface area contributed by atoms with Gasteiger partial charge >= 0.3 is 0 Å². The van der Waals surface area contributed by atoms with Gasteiger partial charge in [0.05, 0.1) is 6.10 Å². The van der Waals surface area contributed by atoms with Gasteiger partial charge in [0, 0.05) is 21.4 Å². The van der Waals surface area contributed by atoms with E-state index in [0.29, 0.717) is 6.54 Å². The predicted molar refractivity (Wildman–Crippen MR) is 89.8 cm³/mol. The van der Waals surface area contributed by atoms with Crippen LogP contribution in [0.1, 0.15) is 28.7 Å². The molecule has 2 nitrogen and oxygen atoms in total. The van der Waals surface area contributed by atoms with Gasteiger partial charge in [0.2, 0.25) is 0 Å². The third kappa shape index (κ3) is 3.31. The van der Waals surface area contributed by atoms with E-state index in [1.54, 1.807) is 0 Å². The Hall–Kier alpha value is -0.680. The van der Waals surface area contributed by atoms with Crippen LogP contribution in [-0.4, -0.2) is 11.7 Å². The van der Waals surface area contributed by atoms with Gasteiger partial charge in [-0.05, 0) is 35.7 Å². The zero-order chi connectivity index (χ0) is 14.7. The molecule has 0 amide bonds. The first kappa shape index (κ1) is 15.7. The van der Waals surface area contributed by atoms with E-state index in [-0.39, 0.29) is 5.92 Å². The van der Waals surface area contributed by atoms with Crippen LogP contribution in [0, 0.1) is 6.92 Å². The lowest BCUT2D eigenvalue weighted by Gasteiger charge is -2.24. The quantitative estimate of drug-likeness (QED) is 0.806. The van der Waals surface area contributed by atoms with Crippen LogP contribution in [0.2, 0.25) is 0 Å². The molecular formula is C16H17Br2NO. The molecular weight excluding hydrogens is 382 g/mol. The number of benzene rings is 2. The highest BCUT2D eigenvalue weighted by Crippen LogP contribution is 2.36. The molecule has 2 aromatic carbocycles. The summed E-state index contributed by atoms with van der Waals surface area (Å²) in [6.45, 7) is 2.44. The van der Waals surface area contributed by atoms with E-state index in [2.05, 4.69) is 31.9 Å². The minimum atomic E-state index is -0.636. The Morgan fingerprint density at radius 3 is 2.40 bits per heavy atom. The van der Waals surface area contributed by atoms with E-state index in [9.17, 15) is 5.11 Å². The maximum Gasteiger partial charge on any atom is 0.0881 e. The number of hydrogen-bond acceptors (Lipinski definition) is 2. The largest absolute Gasteiger partial charge is 0.388 e. The fraction of sp³-hybridized carbons (Fsp3) is 0.250. The van der Waals surface area contributed by atoms with Crippen molar-refractivity contribution in [1.82, 2.24) is 0 Å². The maximum atomic E-state index is 10.7. The van der Waals surface area contributed by atoms with Gasteiger partial charge in [-0.25, -0.2) is 0 Å². The molecule has 2 rings (SSSR count). The van der Waals surface area contributed by atoms with Crippen LogP contribution in [0.5, 0.6) is 0 Å². The van der Waals surface area contributed by atoms with Crippen LogP contribution in [0.15, 0.2) is 51.4 Å². The Balaban J connectivity index is 2.39. The van der Waals surface area contributed by atoms with E-state index in [1.165, 1.54) is 0 Å². The second kappa shape index (κ2) is 6.85. The lowest BCUT2D eigenvalue weighted by molar-refractivity contribution is 0.146. The van der Waals surface area contributed by atoms with E-state index in [1.807, 2.05) is 49.4 Å². The average molecular weight is 399 g/mol. The van der Waals surface area contributed by atoms with Crippen molar-refractivity contribution in [3.05, 3.63) is 68.1 Å². The summed E-state index contributed by atoms with van der Waals surface area (Å²) in [5.41, 5.74) is 9.00. The summed E-state index contributed by atoms with van der Waals surface area (Å²) in [4.78, 5) is 0. The Kier molecular flexibility index (Phi) is 5.38. The molecule has 20 heavy (non-hydrogen) atoms. The Morgan fingerprint density at radius 1 is 1.10 bits per heavy atom. The highest BCUT2D eigenvalue weighted by molar-refractivity contribution is 9.11. The summed E-state index contributed by atoms with van der Waals surface area (Å²) in [6.07, 6.45) is -0.636. The van der Waals surface area contributed by atoms with Crippen molar-refractivity contribution < 1.29 is 5.11 Å². The van der Waals surface area contributed by atoms with Crippen molar-refractivity contribution in [2.75, 3.05) is 6.54 Å². The Morgan fingerprint density at radius 2 is 1.80 bits per heavy atom. The first-order valence-corrected chi connectivity index (χ1v) is 8.01. The van der Waals surface area contributed by atoms with Crippen molar-refractivity contribution >= 4 is 31.9 Å². The van der Waals surface area contributed by atoms with Gasteiger partial charge in [-0.15, -0.1) is 0 Å². The number of halogens is 2. The topological polar surface area (TPSA) is 46.2 Å². The van der Waals surface area contributed by atoms with Crippen molar-refractivity contribution in [2.24, 2.45) is 5.73 Å². The molecule has 0 aromatic heterocycles. The monoisotopic (exact) mass is 397 g/mol. The van der Waals surface area contributed by atoms with E-state index in [4.69, 9.17) is 5.73 Å². The van der Waals surface area contributed by atoms with E-state index < -0.39 is 6.10 Å². The van der Waals surface area contributed by atoms with Gasteiger partial charge in [-0.3, -0.25) is 0 Å². The van der Waals surface area contributed by atoms with Gasteiger partial charge in [0.15, 0.2) is 0 Å². The molecule has 2 atom stereocenters. The third-order valence-electron chi connectivity index (χ3n) is 3.50. The molecule has 0 saturated carbocycles. The molecule has 0 radical (unpaired) electrons. The summed E-state index contributed by atoms with van der Waals surface area (Å²) < 4.78 is 1.85. The Bertz CT molecular complexity index is 601. The van der Waals surface area contributed by atoms with Crippen LogP contribution in [0.25, 0.3) is 0 Å². The number of hydrogen-bond donors (Lipinski definition) is 2. The van der Waals surface area contributed by atoms with Crippen LogP contribution in [0.4, 0.5) is 0 Å². The minimum absolute atomic E-state index is 0.117. The van der Waals surface area contributed by atoms with Gasteiger partial charge in [-0.2, -0.15) is 0 Å². The van der Waals surface area contributed by atoms with Gasteiger partial charge in [-0.1, -0.05) is 62.2 Å². The maximum absolute atomic E-state index is 10.7. The van der Waals surface area contributed by atoms with Gasteiger partial charge < -0.3 is 10.8 Å². The molecule has 4 heteroatoms. The summed E-state index contributed by atoms with van der Waals surface area (Å²) in [5.74, 6) is -0.117. The highest BCUT2D eigenvalue weighted by atomic mass is 79.9. The standard InChI is InChI=1S/C16H17Br2NO/c1-10-4-2-3-5-12(10)14(9-19)16(20)13-7-6-11(17)8-15(13)18/h2-8,14,16,20H,9,19H2,1H3. The average Bonchev–Trinajstić information content (AvgIpc) is 2.41. The van der Waals surface area contributed by atoms with Crippen molar-refractivity contribution in [3.63, 3.8) is 0 Å². The normalized spacial score (nSPS) is 14.1. The first-order chi connectivity index (χ1) is 9.54. The summed E-state index contributed by atoms with van der Waals surface area (Å²) in [6, 6.07) is 13.8.